The van der Waals surface area contributed by atoms with Gasteiger partial charge in [0.05, 0.1) is 11.7 Å². The number of nitrogens with zero attached hydrogens (tertiary/aromatic N) is 2. The van der Waals surface area contributed by atoms with Gasteiger partial charge in [-0.15, -0.1) is 0 Å². The Morgan fingerprint density at radius 3 is 1.85 bits per heavy atom. The lowest BCUT2D eigenvalue weighted by Crippen LogP contribution is -2.46. The molecule has 15 heteroatoms. The summed E-state index contributed by atoms with van der Waals surface area (Å²) in [6, 6.07) is 6.43. The number of carbonyl (C=O) groups excluding carboxylic acids is 2. The Labute approximate surface area is 274 Å². The third-order valence-corrected chi connectivity index (χ3v) is 7.68. The van der Waals surface area contributed by atoms with Crippen LogP contribution in [0.15, 0.2) is 46.9 Å². The van der Waals surface area contributed by atoms with Crippen molar-refractivity contribution < 1.29 is 49.8 Å². The van der Waals surface area contributed by atoms with Crippen LogP contribution in [0.25, 0.3) is 0 Å². The highest BCUT2D eigenvalue weighted by Crippen LogP contribution is 2.30. The smallest absolute Gasteiger partial charge is 0.390 e. The zero-order valence-electron chi connectivity index (χ0n) is 25.3. The summed E-state index contributed by atoms with van der Waals surface area (Å²) >= 11 is 3.27. The summed E-state index contributed by atoms with van der Waals surface area (Å²) in [7, 11) is 0. The number of benzene rings is 3. The van der Waals surface area contributed by atoms with Gasteiger partial charge >= 0.3 is 6.18 Å². The fourth-order valence-electron chi connectivity index (χ4n) is 4.90. The molecule has 0 unspecified atom stereocenters. The number of hydrogen-bond donors (Lipinski definition) is 2. The quantitative estimate of drug-likeness (QED) is 0.112. The molecule has 47 heavy (non-hydrogen) atoms. The molecule has 0 spiro atoms. The molecular weight excluding hydrogens is 706 g/mol. The largest absolute Gasteiger partial charge is 0.416 e. The van der Waals surface area contributed by atoms with Crippen LogP contribution >= 0.6 is 15.9 Å². The summed E-state index contributed by atoms with van der Waals surface area (Å²) in [5.41, 5.74) is 3.61. The maximum atomic E-state index is 14.3. The fourth-order valence-corrected chi connectivity index (χ4v) is 5.40. The topological polar surface area (TPSA) is 86.9 Å². The predicted molar refractivity (Wildman–Crippen MR) is 161 cm³/mol. The maximum Gasteiger partial charge on any atom is 0.416 e. The predicted octanol–water partition coefficient (Wildman–Crippen LogP) is 7.00. The van der Waals surface area contributed by atoms with E-state index in [9.17, 15) is 49.8 Å². The summed E-state index contributed by atoms with van der Waals surface area (Å²) in [6.45, 7) is 3.40. The lowest BCUT2D eigenvalue weighted by Gasteiger charge is -2.29. The molecule has 0 saturated heterocycles. The van der Waals surface area contributed by atoms with E-state index >= 15 is 0 Å². The molecule has 0 aromatic heterocycles. The SMILES string of the molecule is CCCN(CCC)C(=O)c1cc(Br)cc(C(=O)N(Cc2cccc(C(F)(F)F)c2)C[C@@H](O)[C@@H](N)Cc2c(F)c(F)c(F)c(F)c2F)c1. The Morgan fingerprint density at radius 2 is 1.34 bits per heavy atom. The van der Waals surface area contributed by atoms with Crippen LogP contribution in [0.1, 0.15) is 64.1 Å². The van der Waals surface area contributed by atoms with Gasteiger partial charge in [0.15, 0.2) is 23.3 Å². The molecule has 0 heterocycles. The van der Waals surface area contributed by atoms with E-state index in [0.717, 1.165) is 23.1 Å². The van der Waals surface area contributed by atoms with Gasteiger partial charge in [-0.05, 0) is 55.2 Å². The molecule has 0 radical (unpaired) electrons. The summed E-state index contributed by atoms with van der Waals surface area (Å²) < 4.78 is 110. The van der Waals surface area contributed by atoms with E-state index in [4.69, 9.17) is 5.73 Å². The monoisotopic (exact) mass is 737 g/mol. The van der Waals surface area contributed by atoms with Gasteiger partial charge in [-0.2, -0.15) is 13.2 Å². The van der Waals surface area contributed by atoms with Gasteiger partial charge in [-0.3, -0.25) is 9.59 Å². The number of rotatable bonds is 13. The van der Waals surface area contributed by atoms with E-state index < -0.39 is 84.0 Å². The number of halogens is 9. The molecule has 6 nitrogen and oxygen atoms in total. The maximum absolute atomic E-state index is 14.3. The Bertz CT molecular complexity index is 1570. The molecule has 0 aliphatic rings. The minimum atomic E-state index is -4.72. The second-order valence-corrected chi connectivity index (χ2v) is 11.8. The van der Waals surface area contributed by atoms with Crippen LogP contribution in [0.2, 0.25) is 0 Å². The molecule has 3 rings (SSSR count). The van der Waals surface area contributed by atoms with E-state index in [0.29, 0.717) is 30.4 Å². The Balaban J connectivity index is 2.00. The van der Waals surface area contributed by atoms with Crippen LogP contribution in [-0.4, -0.2) is 58.5 Å². The van der Waals surface area contributed by atoms with E-state index in [2.05, 4.69) is 15.9 Å². The van der Waals surface area contributed by atoms with Gasteiger partial charge in [0.2, 0.25) is 5.82 Å². The first-order valence-corrected chi connectivity index (χ1v) is 15.3. The average Bonchev–Trinajstić information content (AvgIpc) is 3.03. The van der Waals surface area contributed by atoms with Crippen LogP contribution in [0.4, 0.5) is 35.1 Å². The molecule has 3 aromatic rings. The van der Waals surface area contributed by atoms with Crippen LogP contribution < -0.4 is 5.73 Å². The highest BCUT2D eigenvalue weighted by molar-refractivity contribution is 9.10. The van der Waals surface area contributed by atoms with Crippen molar-refractivity contribution in [3.63, 3.8) is 0 Å². The van der Waals surface area contributed by atoms with Crippen LogP contribution in [0.3, 0.4) is 0 Å². The minimum absolute atomic E-state index is 0.0166. The van der Waals surface area contributed by atoms with E-state index in [1.54, 1.807) is 4.90 Å². The van der Waals surface area contributed by atoms with Crippen molar-refractivity contribution in [2.75, 3.05) is 19.6 Å². The van der Waals surface area contributed by atoms with Crippen molar-refractivity contribution in [2.45, 2.75) is 58.0 Å². The zero-order valence-corrected chi connectivity index (χ0v) is 26.9. The third kappa shape index (κ3) is 9.29. The van der Waals surface area contributed by atoms with Crippen molar-refractivity contribution in [3.05, 3.63) is 104 Å². The van der Waals surface area contributed by atoms with Gasteiger partial charge < -0.3 is 20.6 Å². The van der Waals surface area contributed by atoms with Crippen LogP contribution in [0, 0.1) is 29.1 Å². The number of aliphatic hydroxyl groups is 1. The lowest BCUT2D eigenvalue weighted by molar-refractivity contribution is -0.137. The number of alkyl halides is 3. The van der Waals surface area contributed by atoms with E-state index in [1.165, 1.54) is 24.3 Å². The van der Waals surface area contributed by atoms with Crippen molar-refractivity contribution in [3.8, 4) is 0 Å². The molecule has 2 amide bonds. The molecule has 0 aliphatic heterocycles. The molecule has 256 valence electrons. The second-order valence-electron chi connectivity index (χ2n) is 10.9. The summed E-state index contributed by atoms with van der Waals surface area (Å²) in [5, 5.41) is 10.9. The third-order valence-electron chi connectivity index (χ3n) is 7.22. The van der Waals surface area contributed by atoms with Gasteiger partial charge in [0.1, 0.15) is 0 Å². The summed E-state index contributed by atoms with van der Waals surface area (Å²) in [4.78, 5) is 29.7. The Morgan fingerprint density at radius 1 is 0.830 bits per heavy atom. The first-order chi connectivity index (χ1) is 22.0. The minimum Gasteiger partial charge on any atom is -0.390 e. The molecule has 3 N–H and O–H groups in total. The highest BCUT2D eigenvalue weighted by Gasteiger charge is 2.32. The normalized spacial score (nSPS) is 13.0. The fraction of sp³-hybridized carbons (Fsp3) is 0.375. The van der Waals surface area contributed by atoms with Gasteiger partial charge in [-0.1, -0.05) is 41.9 Å². The van der Waals surface area contributed by atoms with Crippen molar-refractivity contribution >= 4 is 27.7 Å². The van der Waals surface area contributed by atoms with E-state index in [-0.39, 0.29) is 22.6 Å². The van der Waals surface area contributed by atoms with Gasteiger partial charge in [-0.25, -0.2) is 22.0 Å². The molecular formula is C32H32BrF8N3O3. The van der Waals surface area contributed by atoms with Crippen LogP contribution in [0.5, 0.6) is 0 Å². The number of nitrogens with two attached hydrogens (primary N) is 1. The molecule has 0 bridgehead atoms. The number of carbonyl (C=O) groups is 2. The average molecular weight is 739 g/mol. The Kier molecular flexibility index (Phi) is 12.9. The first-order valence-electron chi connectivity index (χ1n) is 14.5. The highest BCUT2D eigenvalue weighted by atomic mass is 79.9. The number of amides is 2. The Hall–Kier alpha value is -3.56. The van der Waals surface area contributed by atoms with Gasteiger partial charge in [0, 0.05) is 53.4 Å². The second kappa shape index (κ2) is 16.0. The van der Waals surface area contributed by atoms with Gasteiger partial charge in [0.25, 0.3) is 11.8 Å². The lowest BCUT2D eigenvalue weighted by atomic mass is 9.99. The standard InChI is InChI=1S/C32H32BrF8N3O3/c1-3-8-43(9-4-2)30(46)18-11-19(13-21(33)12-18)31(47)44(15-17-6-5-7-20(10-17)32(39,40)41)16-24(45)23(42)14-22-25(34)27(36)29(38)28(37)26(22)35/h5-7,10-13,23-24,45H,3-4,8-9,14-16,42H2,1-2H3/t23-,24+/m0/s1. The van der Waals surface area contributed by atoms with Crippen molar-refractivity contribution in [1.29, 1.82) is 0 Å². The van der Waals surface area contributed by atoms with Crippen molar-refractivity contribution in [2.24, 2.45) is 5.73 Å². The summed E-state index contributed by atoms with van der Waals surface area (Å²) in [5.74, 6) is -12.3. The molecule has 3 aromatic carbocycles. The van der Waals surface area contributed by atoms with E-state index in [1.807, 2.05) is 13.8 Å². The molecule has 0 fully saturated rings. The number of hydrogen-bond acceptors (Lipinski definition) is 4. The zero-order chi connectivity index (χ0) is 35.2. The molecule has 0 saturated carbocycles. The molecule has 2 atom stereocenters. The molecule has 0 aliphatic carbocycles. The summed E-state index contributed by atoms with van der Waals surface area (Å²) in [6.07, 6.45) is -6.29. The number of aliphatic hydroxyl groups excluding tert-OH is 1. The first kappa shape index (κ1) is 37.9. The van der Waals surface area contributed by atoms with Crippen molar-refractivity contribution in [1.82, 2.24) is 9.80 Å². The van der Waals surface area contributed by atoms with Crippen LogP contribution in [-0.2, 0) is 19.1 Å².